The molecule has 1 heterocycles. The van der Waals surface area contributed by atoms with Crippen molar-refractivity contribution in [1.82, 2.24) is 9.97 Å². The van der Waals surface area contributed by atoms with Gasteiger partial charge in [0.15, 0.2) is 0 Å². The zero-order valence-corrected chi connectivity index (χ0v) is 7.78. The van der Waals surface area contributed by atoms with E-state index >= 15 is 0 Å². The van der Waals surface area contributed by atoms with Crippen LogP contribution in [0, 0.1) is 0 Å². The van der Waals surface area contributed by atoms with Crippen molar-refractivity contribution < 1.29 is 0 Å². The lowest BCUT2D eigenvalue weighted by Gasteiger charge is -2.07. The Morgan fingerprint density at radius 3 is 2.50 bits per heavy atom. The number of hydrogen-bond acceptors (Lipinski definition) is 3. The Morgan fingerprint density at radius 1 is 1.33 bits per heavy atom. The Morgan fingerprint density at radius 2 is 2.00 bits per heavy atom. The molecule has 1 aromatic heterocycles. The summed E-state index contributed by atoms with van der Waals surface area (Å²) < 4.78 is 0. The maximum Gasteiger partial charge on any atom is 0.144 e. The van der Waals surface area contributed by atoms with Gasteiger partial charge in [-0.3, -0.25) is 0 Å². The van der Waals surface area contributed by atoms with Crippen LogP contribution in [-0.4, -0.2) is 9.97 Å². The fraction of sp³-hybridized carbons (Fsp3) is 0.556. The highest BCUT2D eigenvalue weighted by Crippen LogP contribution is 2.11. The van der Waals surface area contributed by atoms with Gasteiger partial charge in [-0.2, -0.15) is 0 Å². The molecule has 1 unspecified atom stereocenters. The summed E-state index contributed by atoms with van der Waals surface area (Å²) in [4.78, 5) is 8.42. The van der Waals surface area contributed by atoms with Gasteiger partial charge >= 0.3 is 0 Å². The summed E-state index contributed by atoms with van der Waals surface area (Å²) in [6.07, 6.45) is 1.76. The molecule has 1 aromatic rings. The second-order valence-electron chi connectivity index (χ2n) is 3.28. The van der Waals surface area contributed by atoms with Crippen LogP contribution in [0.5, 0.6) is 0 Å². The Labute approximate surface area is 73.0 Å². The highest BCUT2D eigenvalue weighted by molar-refractivity contribution is 5.07. The third-order valence-corrected chi connectivity index (χ3v) is 1.69. The van der Waals surface area contributed by atoms with Crippen LogP contribution in [0.1, 0.15) is 44.2 Å². The minimum atomic E-state index is -0.0799. The Hall–Kier alpha value is -0.960. The minimum Gasteiger partial charge on any atom is -0.322 e. The lowest BCUT2D eigenvalue weighted by molar-refractivity contribution is 0.707. The van der Waals surface area contributed by atoms with Crippen molar-refractivity contribution in [3.8, 4) is 0 Å². The van der Waals surface area contributed by atoms with E-state index in [1.165, 1.54) is 0 Å². The molecule has 0 spiro atoms. The standard InChI is InChI=1S/C9H15N3/c1-6(2)8-4-5-11-9(12-8)7(3)10/h4-7H,10H2,1-3H3. The average molecular weight is 165 g/mol. The van der Waals surface area contributed by atoms with Gasteiger partial charge in [-0.15, -0.1) is 0 Å². The summed E-state index contributed by atoms with van der Waals surface area (Å²) in [6, 6.07) is 1.85. The molecule has 0 aliphatic carbocycles. The molecule has 0 saturated heterocycles. The van der Waals surface area contributed by atoms with E-state index in [0.29, 0.717) is 5.92 Å². The Kier molecular flexibility index (Phi) is 2.76. The number of aromatic nitrogens is 2. The number of rotatable bonds is 2. The third kappa shape index (κ3) is 2.01. The van der Waals surface area contributed by atoms with Gasteiger partial charge in [-0.1, -0.05) is 13.8 Å². The molecule has 0 bridgehead atoms. The van der Waals surface area contributed by atoms with E-state index in [4.69, 9.17) is 5.73 Å². The molecule has 3 heteroatoms. The summed E-state index contributed by atoms with van der Waals surface area (Å²) in [6.45, 7) is 6.10. The molecule has 2 N–H and O–H groups in total. The molecule has 12 heavy (non-hydrogen) atoms. The second kappa shape index (κ2) is 3.63. The van der Waals surface area contributed by atoms with Crippen LogP contribution in [0.15, 0.2) is 12.3 Å². The minimum absolute atomic E-state index is 0.0799. The molecule has 0 saturated carbocycles. The van der Waals surface area contributed by atoms with Gasteiger partial charge in [0.05, 0.1) is 6.04 Å². The average Bonchev–Trinajstić information content (AvgIpc) is 2.04. The summed E-state index contributed by atoms with van der Waals surface area (Å²) in [5.41, 5.74) is 6.71. The zero-order chi connectivity index (χ0) is 9.14. The van der Waals surface area contributed by atoms with E-state index < -0.39 is 0 Å². The molecular formula is C9H15N3. The van der Waals surface area contributed by atoms with Crippen molar-refractivity contribution in [2.24, 2.45) is 5.73 Å². The first kappa shape index (κ1) is 9.13. The van der Waals surface area contributed by atoms with E-state index in [1.54, 1.807) is 6.20 Å². The van der Waals surface area contributed by atoms with Crippen molar-refractivity contribution in [2.75, 3.05) is 0 Å². The van der Waals surface area contributed by atoms with Crippen molar-refractivity contribution in [3.63, 3.8) is 0 Å². The quantitative estimate of drug-likeness (QED) is 0.724. The third-order valence-electron chi connectivity index (χ3n) is 1.69. The molecule has 0 fully saturated rings. The molecule has 0 aliphatic rings. The summed E-state index contributed by atoms with van der Waals surface area (Å²) in [5.74, 6) is 1.16. The van der Waals surface area contributed by atoms with Crippen LogP contribution in [0.4, 0.5) is 0 Å². The normalized spacial score (nSPS) is 13.4. The van der Waals surface area contributed by atoms with Crippen molar-refractivity contribution in [2.45, 2.75) is 32.7 Å². The van der Waals surface area contributed by atoms with Gasteiger partial charge in [-0.05, 0) is 18.9 Å². The number of nitrogens with zero attached hydrogens (tertiary/aromatic N) is 2. The van der Waals surface area contributed by atoms with Crippen molar-refractivity contribution >= 4 is 0 Å². The van der Waals surface area contributed by atoms with Crippen LogP contribution in [-0.2, 0) is 0 Å². The van der Waals surface area contributed by atoms with Crippen LogP contribution in [0.3, 0.4) is 0 Å². The van der Waals surface area contributed by atoms with Crippen LogP contribution in [0.2, 0.25) is 0 Å². The topological polar surface area (TPSA) is 51.8 Å². The van der Waals surface area contributed by atoms with E-state index in [-0.39, 0.29) is 6.04 Å². The summed E-state index contributed by atoms with van der Waals surface area (Å²) in [7, 11) is 0. The number of nitrogens with two attached hydrogens (primary N) is 1. The monoisotopic (exact) mass is 165 g/mol. The second-order valence-corrected chi connectivity index (χ2v) is 3.28. The summed E-state index contributed by atoms with van der Waals surface area (Å²) in [5, 5.41) is 0. The van der Waals surface area contributed by atoms with E-state index in [2.05, 4.69) is 23.8 Å². The first-order valence-electron chi connectivity index (χ1n) is 4.19. The SMILES string of the molecule is CC(C)c1ccnc(C(C)N)n1. The smallest absolute Gasteiger partial charge is 0.144 e. The highest BCUT2D eigenvalue weighted by Gasteiger charge is 2.05. The van der Waals surface area contributed by atoms with E-state index in [1.807, 2.05) is 13.0 Å². The zero-order valence-electron chi connectivity index (χ0n) is 7.78. The van der Waals surface area contributed by atoms with Crippen LogP contribution >= 0.6 is 0 Å². The molecule has 0 aliphatic heterocycles. The first-order valence-corrected chi connectivity index (χ1v) is 4.19. The molecule has 0 radical (unpaired) electrons. The first-order chi connectivity index (χ1) is 5.61. The maximum absolute atomic E-state index is 5.66. The van der Waals surface area contributed by atoms with Gasteiger partial charge in [0.25, 0.3) is 0 Å². The van der Waals surface area contributed by atoms with E-state index in [0.717, 1.165) is 11.5 Å². The molecule has 1 rings (SSSR count). The predicted octanol–water partition coefficient (Wildman–Crippen LogP) is 1.62. The van der Waals surface area contributed by atoms with Gasteiger partial charge < -0.3 is 5.73 Å². The maximum atomic E-state index is 5.66. The Balaban J connectivity index is 2.96. The van der Waals surface area contributed by atoms with Gasteiger partial charge in [0.2, 0.25) is 0 Å². The highest BCUT2D eigenvalue weighted by atomic mass is 14.9. The molecular weight excluding hydrogens is 150 g/mol. The summed E-state index contributed by atoms with van der Waals surface area (Å²) >= 11 is 0. The molecule has 0 amide bonds. The van der Waals surface area contributed by atoms with Crippen molar-refractivity contribution in [1.29, 1.82) is 0 Å². The fourth-order valence-electron chi connectivity index (χ4n) is 0.929. The van der Waals surface area contributed by atoms with Gasteiger partial charge in [0, 0.05) is 11.9 Å². The van der Waals surface area contributed by atoms with Crippen LogP contribution in [0.25, 0.3) is 0 Å². The molecule has 3 nitrogen and oxygen atoms in total. The number of hydrogen-bond donors (Lipinski definition) is 1. The van der Waals surface area contributed by atoms with E-state index in [9.17, 15) is 0 Å². The fourth-order valence-corrected chi connectivity index (χ4v) is 0.929. The predicted molar refractivity (Wildman–Crippen MR) is 48.7 cm³/mol. The largest absolute Gasteiger partial charge is 0.322 e. The van der Waals surface area contributed by atoms with Gasteiger partial charge in [0.1, 0.15) is 5.82 Å². The molecule has 66 valence electrons. The Bertz CT molecular complexity index is 232. The molecule has 0 aromatic carbocycles. The molecule has 1 atom stereocenters. The lowest BCUT2D eigenvalue weighted by Crippen LogP contribution is -2.11. The van der Waals surface area contributed by atoms with Gasteiger partial charge in [-0.25, -0.2) is 9.97 Å². The van der Waals surface area contributed by atoms with Crippen LogP contribution < -0.4 is 5.73 Å². The van der Waals surface area contributed by atoms with Crippen molar-refractivity contribution in [3.05, 3.63) is 23.8 Å². The lowest BCUT2D eigenvalue weighted by atomic mass is 10.1.